The van der Waals surface area contributed by atoms with Crippen LogP contribution in [0.25, 0.3) is 0 Å². The van der Waals surface area contributed by atoms with Crippen LogP contribution >= 0.6 is 0 Å². The smallest absolute Gasteiger partial charge is 0.132 e. The first-order valence-corrected chi connectivity index (χ1v) is 6.22. The average Bonchev–Trinajstić information content (AvgIpc) is 2.24. The summed E-state index contributed by atoms with van der Waals surface area (Å²) in [5, 5.41) is 0. The van der Waals surface area contributed by atoms with E-state index in [0.29, 0.717) is 11.7 Å². The number of hydrogen-bond acceptors (Lipinski definition) is 1. The fraction of sp³-hybridized carbons (Fsp3) is 0.923. The molecule has 0 spiro atoms. The molecule has 88 valence electrons. The van der Waals surface area contributed by atoms with Crippen LogP contribution < -0.4 is 0 Å². The molecule has 0 radical (unpaired) electrons. The molecule has 0 rings (SSSR count). The number of unbranched alkanes of at least 4 members (excludes halogenated alkanes) is 1. The number of rotatable bonds is 5. The molecular weight excluding hydrogens is 172 g/mol. The summed E-state index contributed by atoms with van der Waals surface area (Å²) >= 11 is 0. The van der Waals surface area contributed by atoms with Crippen molar-refractivity contribution >= 4 is 5.78 Å². The van der Waals surface area contributed by atoms with Crippen molar-refractivity contribution in [2.45, 2.75) is 74.1 Å². The zero-order chi connectivity index (χ0) is 12.0. The Morgan fingerprint density at radius 3 is 1.71 bits per heavy atom. The second-order valence-corrected chi connectivity index (χ2v) is 2.86. The third kappa shape index (κ3) is 14.2. The van der Waals surface area contributed by atoms with E-state index < -0.39 is 0 Å². The summed E-state index contributed by atoms with van der Waals surface area (Å²) in [7, 11) is 0. The van der Waals surface area contributed by atoms with Crippen molar-refractivity contribution in [2.75, 3.05) is 0 Å². The first-order chi connectivity index (χ1) is 6.72. The number of ketones is 1. The van der Waals surface area contributed by atoms with Crippen LogP contribution in [-0.2, 0) is 4.79 Å². The first kappa shape index (κ1) is 19.3. The Labute approximate surface area is 91.3 Å². The van der Waals surface area contributed by atoms with Gasteiger partial charge in [0.25, 0.3) is 0 Å². The van der Waals surface area contributed by atoms with Gasteiger partial charge in [0.1, 0.15) is 5.78 Å². The van der Waals surface area contributed by atoms with E-state index in [1.165, 1.54) is 12.8 Å². The van der Waals surface area contributed by atoms with Gasteiger partial charge in [-0.3, -0.25) is 4.79 Å². The Morgan fingerprint density at radius 1 is 1.07 bits per heavy atom. The monoisotopic (exact) mass is 202 g/mol. The minimum Gasteiger partial charge on any atom is -0.300 e. The molecule has 14 heavy (non-hydrogen) atoms. The molecular formula is C13H30O. The summed E-state index contributed by atoms with van der Waals surface area (Å²) in [6, 6.07) is 0. The summed E-state index contributed by atoms with van der Waals surface area (Å²) in [6.45, 7) is 13.9. The van der Waals surface area contributed by atoms with E-state index in [0.717, 1.165) is 12.8 Å². The van der Waals surface area contributed by atoms with E-state index in [2.05, 4.69) is 13.8 Å². The van der Waals surface area contributed by atoms with Gasteiger partial charge in [0.05, 0.1) is 0 Å². The lowest BCUT2D eigenvalue weighted by Crippen LogP contribution is -2.08. The zero-order valence-corrected chi connectivity index (χ0v) is 11.3. The van der Waals surface area contributed by atoms with Crippen molar-refractivity contribution in [1.29, 1.82) is 0 Å². The lowest BCUT2D eigenvalue weighted by Gasteiger charge is -2.08. The van der Waals surface area contributed by atoms with Crippen LogP contribution in [0.1, 0.15) is 74.1 Å². The normalized spacial score (nSPS) is 10.2. The minimum absolute atomic E-state index is 0.333. The van der Waals surface area contributed by atoms with Gasteiger partial charge < -0.3 is 0 Å². The summed E-state index contributed by atoms with van der Waals surface area (Å²) in [5.74, 6) is 0.691. The van der Waals surface area contributed by atoms with Gasteiger partial charge in [-0.05, 0) is 19.8 Å². The lowest BCUT2D eigenvalue weighted by molar-refractivity contribution is -0.121. The van der Waals surface area contributed by atoms with E-state index in [4.69, 9.17) is 0 Å². The number of carbonyl (C=O) groups is 1. The molecule has 1 nitrogen and oxygen atoms in total. The largest absolute Gasteiger partial charge is 0.300 e. The number of carbonyl (C=O) groups excluding carboxylic acids is 1. The fourth-order valence-corrected chi connectivity index (χ4v) is 1.15. The van der Waals surface area contributed by atoms with Crippen LogP contribution in [0.3, 0.4) is 0 Å². The average molecular weight is 202 g/mol. The van der Waals surface area contributed by atoms with Gasteiger partial charge in [0, 0.05) is 5.92 Å². The molecule has 1 heteroatoms. The maximum Gasteiger partial charge on any atom is 0.132 e. The van der Waals surface area contributed by atoms with Crippen molar-refractivity contribution in [3.8, 4) is 0 Å². The predicted octanol–water partition coefficient (Wildman–Crippen LogP) is 4.84. The molecule has 0 aromatic rings. The minimum atomic E-state index is 0.333. The molecule has 0 saturated heterocycles. The molecule has 0 fully saturated rings. The number of hydrogen-bond donors (Lipinski definition) is 0. The molecule has 0 aliphatic heterocycles. The Bertz CT molecular complexity index is 97.4. The molecule has 0 amide bonds. The summed E-state index contributed by atoms with van der Waals surface area (Å²) in [4.78, 5) is 10.9. The summed E-state index contributed by atoms with van der Waals surface area (Å²) in [5.41, 5.74) is 0. The van der Waals surface area contributed by atoms with Crippen LogP contribution in [0.4, 0.5) is 0 Å². The van der Waals surface area contributed by atoms with Crippen molar-refractivity contribution in [1.82, 2.24) is 0 Å². The van der Waals surface area contributed by atoms with Gasteiger partial charge >= 0.3 is 0 Å². The lowest BCUT2D eigenvalue weighted by atomic mass is 9.96. The number of Topliss-reactive ketones (excluding diaryl/α,β-unsaturated/α-hetero) is 1. The Hall–Kier alpha value is -0.330. The van der Waals surface area contributed by atoms with Gasteiger partial charge in [-0.15, -0.1) is 0 Å². The molecule has 1 unspecified atom stereocenters. The second kappa shape index (κ2) is 18.5. The molecule has 0 bridgehead atoms. The molecule has 0 heterocycles. The molecule has 1 atom stereocenters. The van der Waals surface area contributed by atoms with Gasteiger partial charge in [0.15, 0.2) is 0 Å². The quantitative estimate of drug-likeness (QED) is 0.623. The van der Waals surface area contributed by atoms with Gasteiger partial charge in [-0.25, -0.2) is 0 Å². The topological polar surface area (TPSA) is 17.1 Å². The van der Waals surface area contributed by atoms with E-state index in [1.54, 1.807) is 6.92 Å². The Morgan fingerprint density at radius 2 is 1.50 bits per heavy atom. The fourth-order valence-electron chi connectivity index (χ4n) is 1.15. The Balaban J connectivity index is -0.000000266. The van der Waals surface area contributed by atoms with Crippen LogP contribution in [-0.4, -0.2) is 5.78 Å². The Kier molecular flexibility index (Phi) is 25.4. The van der Waals surface area contributed by atoms with Crippen LogP contribution in [0.5, 0.6) is 0 Å². The van der Waals surface area contributed by atoms with Crippen molar-refractivity contribution in [2.24, 2.45) is 5.92 Å². The van der Waals surface area contributed by atoms with Gasteiger partial charge in [-0.1, -0.05) is 54.4 Å². The third-order valence-electron chi connectivity index (χ3n) is 1.97. The highest BCUT2D eigenvalue weighted by atomic mass is 16.1. The standard InChI is InChI=1S/C9H18O.2C2H6/c1-4-6-7-9(5-2)8(3)10;2*1-2/h9H,4-7H2,1-3H3;2*1-2H3. The third-order valence-corrected chi connectivity index (χ3v) is 1.97. The first-order valence-electron chi connectivity index (χ1n) is 6.22. The zero-order valence-electron chi connectivity index (χ0n) is 11.3. The molecule has 0 aromatic heterocycles. The van der Waals surface area contributed by atoms with Crippen molar-refractivity contribution < 1.29 is 4.79 Å². The van der Waals surface area contributed by atoms with Gasteiger partial charge in [0.2, 0.25) is 0 Å². The van der Waals surface area contributed by atoms with E-state index >= 15 is 0 Å². The van der Waals surface area contributed by atoms with Crippen LogP contribution in [0.2, 0.25) is 0 Å². The summed E-state index contributed by atoms with van der Waals surface area (Å²) in [6.07, 6.45) is 4.49. The van der Waals surface area contributed by atoms with Crippen LogP contribution in [0, 0.1) is 5.92 Å². The molecule has 0 aliphatic carbocycles. The predicted molar refractivity (Wildman–Crippen MR) is 66.7 cm³/mol. The molecule has 0 N–H and O–H groups in total. The van der Waals surface area contributed by atoms with Crippen LogP contribution in [0.15, 0.2) is 0 Å². The van der Waals surface area contributed by atoms with Gasteiger partial charge in [-0.2, -0.15) is 0 Å². The maximum absolute atomic E-state index is 10.9. The highest BCUT2D eigenvalue weighted by Crippen LogP contribution is 2.12. The molecule has 0 saturated carbocycles. The van der Waals surface area contributed by atoms with E-state index in [9.17, 15) is 4.79 Å². The SMILES string of the molecule is CC.CC.CCCCC(CC)C(C)=O. The van der Waals surface area contributed by atoms with E-state index in [1.807, 2.05) is 27.7 Å². The highest BCUT2D eigenvalue weighted by molar-refractivity contribution is 5.78. The maximum atomic E-state index is 10.9. The van der Waals surface area contributed by atoms with E-state index in [-0.39, 0.29) is 0 Å². The highest BCUT2D eigenvalue weighted by Gasteiger charge is 2.09. The van der Waals surface area contributed by atoms with Crippen molar-refractivity contribution in [3.63, 3.8) is 0 Å². The van der Waals surface area contributed by atoms with Crippen molar-refractivity contribution in [3.05, 3.63) is 0 Å². The summed E-state index contributed by atoms with van der Waals surface area (Å²) < 4.78 is 0. The second-order valence-electron chi connectivity index (χ2n) is 2.86. The molecule has 0 aliphatic rings. The molecule has 0 aromatic carbocycles.